The number of nitrogens with one attached hydrogen (secondary N) is 1. The Balaban J connectivity index is 1.36. The Kier molecular flexibility index (Phi) is 9.74. The van der Waals surface area contributed by atoms with Crippen LogP contribution in [-0.2, 0) is 18.9 Å². The normalized spacial score (nSPS) is 25.6. The highest BCUT2D eigenvalue weighted by Gasteiger charge is 2.57. The first-order chi connectivity index (χ1) is 23.6. The van der Waals surface area contributed by atoms with Crippen LogP contribution in [0.4, 0.5) is 13.2 Å². The van der Waals surface area contributed by atoms with Crippen molar-refractivity contribution in [2.45, 2.75) is 43.9 Å². The lowest BCUT2D eigenvalue weighted by Crippen LogP contribution is -2.63. The van der Waals surface area contributed by atoms with Gasteiger partial charge in [-0.3, -0.25) is 10.4 Å². The number of hydrazine groups is 2. The summed E-state index contributed by atoms with van der Waals surface area (Å²) >= 11 is 16.3. The van der Waals surface area contributed by atoms with Crippen molar-refractivity contribution in [2.75, 3.05) is 13.7 Å². The molecule has 0 amide bonds. The Labute approximate surface area is 297 Å². The highest BCUT2D eigenvalue weighted by atomic mass is 79.9. The summed E-state index contributed by atoms with van der Waals surface area (Å²) in [7, 11) is 1.71. The summed E-state index contributed by atoms with van der Waals surface area (Å²) in [6.45, 7) is 1.88. The predicted octanol–water partition coefficient (Wildman–Crippen LogP) is 7.14. The van der Waals surface area contributed by atoms with E-state index in [1.807, 2.05) is 30.3 Å². The Bertz CT molecular complexity index is 1900. The van der Waals surface area contributed by atoms with Crippen molar-refractivity contribution >= 4 is 44.8 Å². The van der Waals surface area contributed by atoms with E-state index in [4.69, 9.17) is 47.1 Å². The topological polar surface area (TPSA) is 86.1 Å². The first-order valence-corrected chi connectivity index (χ1v) is 16.7. The van der Waals surface area contributed by atoms with E-state index in [1.165, 1.54) is 0 Å². The van der Waals surface area contributed by atoms with Gasteiger partial charge in [0, 0.05) is 29.4 Å². The predicted molar refractivity (Wildman–Crippen MR) is 177 cm³/mol. The lowest BCUT2D eigenvalue weighted by molar-refractivity contribution is -0.259. The molecule has 16 heteroatoms. The maximum Gasteiger partial charge on any atom is 0.194 e. The van der Waals surface area contributed by atoms with Gasteiger partial charge in [-0.25, -0.2) is 22.8 Å². The van der Waals surface area contributed by atoms with Gasteiger partial charge in [-0.2, -0.15) is 5.10 Å². The number of hydrogen-bond acceptors (Lipinski definition) is 9. The largest absolute Gasteiger partial charge is 0.369 e. The zero-order chi connectivity index (χ0) is 34.4. The molecule has 3 aliphatic rings. The molecule has 6 unspecified atom stereocenters. The Morgan fingerprint density at radius 3 is 2.51 bits per heavy atom. The first kappa shape index (κ1) is 34.0. The molecular formula is C33H28BrCl2F3N6O4. The Morgan fingerprint density at radius 2 is 1.78 bits per heavy atom. The molecule has 7 rings (SSSR count). The number of ether oxygens (including phenoxy) is 4. The minimum Gasteiger partial charge on any atom is -0.369 e. The summed E-state index contributed by atoms with van der Waals surface area (Å²) in [5, 5.41) is 8.82. The van der Waals surface area contributed by atoms with E-state index >= 15 is 0 Å². The molecule has 3 aliphatic heterocycles. The highest BCUT2D eigenvalue weighted by molar-refractivity contribution is 9.11. The molecule has 4 heterocycles. The fourth-order valence-electron chi connectivity index (χ4n) is 6.10. The number of aromatic nitrogens is 3. The molecule has 0 aliphatic carbocycles. The van der Waals surface area contributed by atoms with Crippen molar-refractivity contribution in [3.8, 4) is 5.69 Å². The van der Waals surface area contributed by atoms with Crippen LogP contribution in [0.1, 0.15) is 35.2 Å². The van der Waals surface area contributed by atoms with Crippen LogP contribution >= 0.6 is 39.1 Å². The van der Waals surface area contributed by atoms with E-state index in [1.54, 1.807) is 64.2 Å². The van der Waals surface area contributed by atoms with Gasteiger partial charge >= 0.3 is 0 Å². The van der Waals surface area contributed by atoms with E-state index in [9.17, 15) is 13.2 Å². The van der Waals surface area contributed by atoms with Gasteiger partial charge in [0.25, 0.3) is 0 Å². The minimum absolute atomic E-state index is 0.0855. The summed E-state index contributed by atoms with van der Waals surface area (Å²) in [6.07, 6.45) is -0.893. The summed E-state index contributed by atoms with van der Waals surface area (Å²) < 4.78 is 70.3. The average molecular weight is 780 g/mol. The first-order valence-electron chi connectivity index (χ1n) is 15.1. The smallest absolute Gasteiger partial charge is 0.194 e. The number of fused-ring (bicyclic) bond motifs is 1. The highest BCUT2D eigenvalue weighted by Crippen LogP contribution is 2.46. The van der Waals surface area contributed by atoms with E-state index in [-0.39, 0.29) is 12.2 Å². The van der Waals surface area contributed by atoms with E-state index in [0.29, 0.717) is 33.1 Å². The lowest BCUT2D eigenvalue weighted by Gasteiger charge is -2.47. The zero-order valence-electron chi connectivity index (χ0n) is 25.8. The fourth-order valence-corrected chi connectivity index (χ4v) is 6.62. The fraction of sp³-hybridized carbons (Fsp3) is 0.273. The monoisotopic (exact) mass is 778 g/mol. The molecule has 3 aromatic carbocycles. The number of nitrogens with zero attached hydrogens (tertiary/aromatic N) is 5. The van der Waals surface area contributed by atoms with Crippen LogP contribution in [0.15, 0.2) is 77.9 Å². The summed E-state index contributed by atoms with van der Waals surface area (Å²) in [4.78, 5) is 6.43. The van der Waals surface area contributed by atoms with E-state index in [2.05, 4.69) is 26.5 Å². The average Bonchev–Trinajstić information content (AvgIpc) is 3.81. The van der Waals surface area contributed by atoms with Gasteiger partial charge in [0.05, 0.1) is 23.0 Å². The second-order valence-electron chi connectivity index (χ2n) is 11.4. The zero-order valence-corrected chi connectivity index (χ0v) is 28.9. The Morgan fingerprint density at radius 1 is 1.02 bits per heavy atom. The van der Waals surface area contributed by atoms with Crippen LogP contribution in [0, 0.1) is 24.4 Å². The lowest BCUT2D eigenvalue weighted by atomic mass is 9.94. The van der Waals surface area contributed by atoms with Crippen molar-refractivity contribution in [3.63, 3.8) is 0 Å². The van der Waals surface area contributed by atoms with Gasteiger partial charge in [-0.05, 0) is 42.2 Å². The van der Waals surface area contributed by atoms with Crippen LogP contribution in [0.25, 0.3) is 11.4 Å². The van der Waals surface area contributed by atoms with Crippen molar-refractivity contribution in [1.29, 1.82) is 0 Å². The van der Waals surface area contributed by atoms with Gasteiger partial charge < -0.3 is 18.9 Å². The van der Waals surface area contributed by atoms with Gasteiger partial charge in [0.1, 0.15) is 30.2 Å². The maximum absolute atomic E-state index is 14.3. The van der Waals surface area contributed by atoms with Gasteiger partial charge in [0.15, 0.2) is 35.9 Å². The minimum atomic E-state index is -1.56. The van der Waals surface area contributed by atoms with Crippen LogP contribution in [0.2, 0.25) is 10.0 Å². The molecule has 2 fully saturated rings. The second kappa shape index (κ2) is 14.0. The summed E-state index contributed by atoms with van der Waals surface area (Å²) in [5.74, 6) is -3.41. The maximum atomic E-state index is 14.3. The molecule has 10 nitrogen and oxygen atoms in total. The quantitative estimate of drug-likeness (QED) is 0.188. The van der Waals surface area contributed by atoms with Crippen LogP contribution in [0.3, 0.4) is 0 Å². The molecule has 0 spiro atoms. The number of halogens is 6. The summed E-state index contributed by atoms with van der Waals surface area (Å²) in [6, 6.07) is 15.5. The van der Waals surface area contributed by atoms with Gasteiger partial charge in [0.2, 0.25) is 0 Å². The molecule has 6 atom stereocenters. The molecular weight excluding hydrogens is 752 g/mol. The Hall–Kier alpha value is -3.47. The third kappa shape index (κ3) is 6.59. The van der Waals surface area contributed by atoms with Crippen molar-refractivity contribution < 1.29 is 32.1 Å². The van der Waals surface area contributed by atoms with Crippen LogP contribution in [0.5, 0.6) is 0 Å². The molecule has 2 saturated heterocycles. The molecule has 1 N–H and O–H groups in total. The molecule has 0 saturated carbocycles. The standard InChI is InChI=1S/C33H28BrCl2F3N6O4/c1-17-40-31(45(41-17)25-15-20(35)9-10-21(25)36)30-28(46-12-6-11-34)27(29-33(48-30)49-32(47-29)18-7-4-3-5-8-18)44-16-24(42-43(44)2)19-13-22(37)26(39)23(38)14-19/h3-11,13-16,27-30,32-33,42H,12H2,1-2H3/b11-6+. The van der Waals surface area contributed by atoms with Crippen LogP contribution < -0.4 is 5.43 Å². The van der Waals surface area contributed by atoms with Crippen LogP contribution in [-0.4, -0.2) is 63.1 Å². The SMILES string of the molecule is Cc1nc(C2OC3OC(c4ccccc4)OC3C(N3C=C(c4cc(F)c(F)c(F)c4)NN3C)C2OC/C=C/Br)n(-c2cc(Cl)ccc2Cl)n1. The number of hydrogen-bond donors (Lipinski definition) is 1. The van der Waals surface area contributed by atoms with Crippen molar-refractivity contribution in [2.24, 2.45) is 0 Å². The van der Waals surface area contributed by atoms with Gasteiger partial charge in [-0.1, -0.05) is 75.5 Å². The molecule has 0 bridgehead atoms. The van der Waals surface area contributed by atoms with E-state index in [0.717, 1.165) is 17.7 Å². The number of benzene rings is 3. The number of rotatable bonds is 8. The second-order valence-corrected chi connectivity index (χ2v) is 12.8. The van der Waals surface area contributed by atoms with Gasteiger partial charge in [-0.15, -0.1) is 5.12 Å². The third-order valence-electron chi connectivity index (χ3n) is 8.22. The molecule has 0 radical (unpaired) electrons. The molecule has 256 valence electrons. The third-order valence-corrected chi connectivity index (χ3v) is 9.15. The molecule has 1 aromatic heterocycles. The number of aryl methyl sites for hydroxylation is 1. The van der Waals surface area contributed by atoms with Crippen molar-refractivity contribution in [1.82, 2.24) is 30.3 Å². The molecule has 4 aromatic rings. The van der Waals surface area contributed by atoms with Crippen molar-refractivity contribution in [3.05, 3.63) is 128 Å². The summed E-state index contributed by atoms with van der Waals surface area (Å²) in [5.41, 5.74) is 4.71. The molecule has 49 heavy (non-hydrogen) atoms. The van der Waals surface area contributed by atoms with E-state index < -0.39 is 54.4 Å².